The third kappa shape index (κ3) is 5.23. The van der Waals surface area contributed by atoms with Crippen molar-refractivity contribution in [2.24, 2.45) is 0 Å². The number of methoxy groups -OCH3 is 1. The summed E-state index contributed by atoms with van der Waals surface area (Å²) in [5.41, 5.74) is 0.780. The summed E-state index contributed by atoms with van der Waals surface area (Å²) in [6, 6.07) is 9.10. The lowest BCUT2D eigenvalue weighted by Gasteiger charge is -2.10. The van der Waals surface area contributed by atoms with Gasteiger partial charge in [-0.15, -0.1) is 0 Å². The Morgan fingerprint density at radius 1 is 1.28 bits per heavy atom. The van der Waals surface area contributed by atoms with Gasteiger partial charge in [0, 0.05) is 19.3 Å². The van der Waals surface area contributed by atoms with Gasteiger partial charge in [-0.05, 0) is 37.3 Å². The molecular weight excluding hydrogens is 366 g/mol. The summed E-state index contributed by atoms with van der Waals surface area (Å²) >= 11 is 6.05. The predicted octanol–water partition coefficient (Wildman–Crippen LogP) is 2.22. The zero-order valence-corrected chi connectivity index (χ0v) is 15.3. The summed E-state index contributed by atoms with van der Waals surface area (Å²) in [4.78, 5) is 16.5. The molecule has 0 aliphatic heterocycles. The lowest BCUT2D eigenvalue weighted by atomic mass is 10.2. The zero-order valence-electron chi connectivity index (χ0n) is 13.7. The smallest absolute Gasteiger partial charge is 0.258 e. The summed E-state index contributed by atoms with van der Waals surface area (Å²) in [7, 11) is -2.30. The van der Waals surface area contributed by atoms with E-state index in [-0.39, 0.29) is 28.6 Å². The molecule has 1 aromatic heterocycles. The molecule has 1 heterocycles. The van der Waals surface area contributed by atoms with E-state index in [1.165, 1.54) is 25.3 Å². The average Bonchev–Trinajstić information content (AvgIpc) is 2.55. The lowest BCUT2D eigenvalue weighted by Crippen LogP contribution is -2.27. The highest BCUT2D eigenvalue weighted by atomic mass is 35.5. The van der Waals surface area contributed by atoms with Gasteiger partial charge in [-0.2, -0.15) is 0 Å². The monoisotopic (exact) mass is 383 g/mol. The van der Waals surface area contributed by atoms with Crippen molar-refractivity contribution in [1.29, 1.82) is 0 Å². The lowest BCUT2D eigenvalue weighted by molar-refractivity contribution is 0.102. The average molecular weight is 384 g/mol. The van der Waals surface area contributed by atoms with E-state index in [9.17, 15) is 13.2 Å². The second-order valence-corrected chi connectivity index (χ2v) is 7.32. The summed E-state index contributed by atoms with van der Waals surface area (Å²) in [5, 5.41) is 2.74. The molecule has 0 saturated carbocycles. The van der Waals surface area contributed by atoms with Crippen LogP contribution in [0.2, 0.25) is 5.02 Å². The van der Waals surface area contributed by atoms with Crippen LogP contribution in [0.5, 0.6) is 0 Å². The van der Waals surface area contributed by atoms with Crippen LogP contribution in [0.15, 0.2) is 41.3 Å². The van der Waals surface area contributed by atoms with Gasteiger partial charge in [0.05, 0.1) is 22.1 Å². The number of halogens is 1. The van der Waals surface area contributed by atoms with Gasteiger partial charge < -0.3 is 10.1 Å². The topological polar surface area (TPSA) is 97.4 Å². The molecule has 0 fully saturated rings. The molecule has 0 saturated heterocycles. The Bertz CT molecular complexity index is 871. The number of hydrogen-bond acceptors (Lipinski definition) is 5. The number of carbonyl (C=O) groups excluding carboxylic acids is 1. The summed E-state index contributed by atoms with van der Waals surface area (Å²) in [6.07, 6.45) is 0. The SMILES string of the molecule is COCCNS(=O)(=O)c1ccc(Cl)c(C(=O)Nc2cccc(C)n2)c1. The molecule has 0 unspecified atom stereocenters. The van der Waals surface area contributed by atoms with Crippen LogP contribution < -0.4 is 10.0 Å². The Hall–Kier alpha value is -2.00. The van der Waals surface area contributed by atoms with Gasteiger partial charge in [-0.1, -0.05) is 17.7 Å². The van der Waals surface area contributed by atoms with Crippen LogP contribution in [0.3, 0.4) is 0 Å². The number of rotatable bonds is 7. The minimum atomic E-state index is -3.77. The number of benzene rings is 1. The second kappa shape index (κ2) is 8.39. The largest absolute Gasteiger partial charge is 0.383 e. The predicted molar refractivity (Wildman–Crippen MR) is 95.4 cm³/mol. The maximum atomic E-state index is 12.4. The van der Waals surface area contributed by atoms with Crippen molar-refractivity contribution in [2.45, 2.75) is 11.8 Å². The van der Waals surface area contributed by atoms with Gasteiger partial charge in [0.1, 0.15) is 5.82 Å². The number of nitrogens with one attached hydrogen (secondary N) is 2. The minimum Gasteiger partial charge on any atom is -0.383 e. The zero-order chi connectivity index (χ0) is 18.4. The molecule has 1 amide bonds. The highest BCUT2D eigenvalue weighted by molar-refractivity contribution is 7.89. The molecule has 1 aromatic carbocycles. The number of pyridine rings is 1. The van der Waals surface area contributed by atoms with Gasteiger partial charge in [-0.3, -0.25) is 4.79 Å². The Kier molecular flexibility index (Phi) is 6.49. The van der Waals surface area contributed by atoms with Crippen LogP contribution in [0.4, 0.5) is 5.82 Å². The first-order valence-electron chi connectivity index (χ1n) is 7.36. The molecule has 0 bridgehead atoms. The number of nitrogens with zero attached hydrogens (tertiary/aromatic N) is 1. The Morgan fingerprint density at radius 3 is 2.72 bits per heavy atom. The molecule has 0 atom stereocenters. The van der Waals surface area contributed by atoms with Crippen LogP contribution in [-0.2, 0) is 14.8 Å². The molecule has 25 heavy (non-hydrogen) atoms. The first-order chi connectivity index (χ1) is 11.8. The van der Waals surface area contributed by atoms with Crippen molar-refractivity contribution >= 4 is 33.3 Å². The highest BCUT2D eigenvalue weighted by Crippen LogP contribution is 2.21. The second-order valence-electron chi connectivity index (χ2n) is 5.15. The van der Waals surface area contributed by atoms with Gasteiger partial charge in [0.15, 0.2) is 0 Å². The van der Waals surface area contributed by atoms with Crippen molar-refractivity contribution < 1.29 is 17.9 Å². The molecular formula is C16H18ClN3O4S. The third-order valence-electron chi connectivity index (χ3n) is 3.22. The number of ether oxygens (including phenoxy) is 1. The molecule has 2 aromatic rings. The number of amides is 1. The molecule has 134 valence electrons. The first-order valence-corrected chi connectivity index (χ1v) is 9.23. The van der Waals surface area contributed by atoms with Gasteiger partial charge in [0.25, 0.3) is 5.91 Å². The van der Waals surface area contributed by atoms with Crippen LogP contribution in [0, 0.1) is 6.92 Å². The van der Waals surface area contributed by atoms with E-state index in [1.807, 2.05) is 0 Å². The molecule has 7 nitrogen and oxygen atoms in total. The van der Waals surface area contributed by atoms with Crippen LogP contribution in [0.25, 0.3) is 0 Å². The summed E-state index contributed by atoms with van der Waals surface area (Å²) in [6.45, 7) is 2.15. The highest BCUT2D eigenvalue weighted by Gasteiger charge is 2.19. The quantitative estimate of drug-likeness (QED) is 0.714. The molecule has 0 radical (unpaired) electrons. The van der Waals surface area contributed by atoms with Gasteiger partial charge >= 0.3 is 0 Å². The molecule has 0 aliphatic carbocycles. The fourth-order valence-electron chi connectivity index (χ4n) is 2.00. The minimum absolute atomic E-state index is 0.0413. The van der Waals surface area contributed by atoms with E-state index in [1.54, 1.807) is 25.1 Å². The van der Waals surface area contributed by atoms with E-state index in [0.29, 0.717) is 5.82 Å². The third-order valence-corrected chi connectivity index (χ3v) is 5.01. The van der Waals surface area contributed by atoms with Crippen molar-refractivity contribution in [1.82, 2.24) is 9.71 Å². The number of aromatic nitrogens is 1. The molecule has 2 N–H and O–H groups in total. The van der Waals surface area contributed by atoms with E-state index < -0.39 is 15.9 Å². The molecule has 2 rings (SSSR count). The molecule has 0 aliphatic rings. The van der Waals surface area contributed by atoms with E-state index in [4.69, 9.17) is 16.3 Å². The molecule has 0 spiro atoms. The summed E-state index contributed by atoms with van der Waals surface area (Å²) < 4.78 is 31.7. The number of carbonyl (C=O) groups is 1. The van der Waals surface area contributed by atoms with Crippen molar-refractivity contribution in [3.05, 3.63) is 52.7 Å². The summed E-state index contributed by atoms with van der Waals surface area (Å²) in [5.74, 6) is -0.190. The number of sulfonamides is 1. The van der Waals surface area contributed by atoms with E-state index in [0.717, 1.165) is 5.69 Å². The maximum absolute atomic E-state index is 12.4. The number of aryl methyl sites for hydroxylation is 1. The Balaban J connectivity index is 2.25. The number of anilines is 1. The van der Waals surface area contributed by atoms with Gasteiger partial charge in [0.2, 0.25) is 10.0 Å². The van der Waals surface area contributed by atoms with Crippen LogP contribution >= 0.6 is 11.6 Å². The van der Waals surface area contributed by atoms with E-state index in [2.05, 4.69) is 15.0 Å². The maximum Gasteiger partial charge on any atom is 0.258 e. The Labute approximate surface area is 151 Å². The normalized spacial score (nSPS) is 11.3. The first kappa shape index (κ1) is 19.3. The van der Waals surface area contributed by atoms with Gasteiger partial charge in [-0.25, -0.2) is 18.1 Å². The Morgan fingerprint density at radius 2 is 2.04 bits per heavy atom. The van der Waals surface area contributed by atoms with Crippen molar-refractivity contribution in [3.8, 4) is 0 Å². The van der Waals surface area contributed by atoms with Crippen LogP contribution in [-0.4, -0.2) is 39.6 Å². The van der Waals surface area contributed by atoms with E-state index >= 15 is 0 Å². The number of hydrogen-bond donors (Lipinski definition) is 2. The fourth-order valence-corrected chi connectivity index (χ4v) is 3.25. The fraction of sp³-hybridized carbons (Fsp3) is 0.250. The molecule has 9 heteroatoms. The standard InChI is InChI=1S/C16H18ClN3O4S/c1-11-4-3-5-15(19-11)20-16(21)13-10-12(6-7-14(13)17)25(22,23)18-8-9-24-2/h3-7,10,18H,8-9H2,1-2H3,(H,19,20,21). The van der Waals surface area contributed by atoms with Crippen LogP contribution in [0.1, 0.15) is 16.1 Å². The van der Waals surface area contributed by atoms with Crippen molar-refractivity contribution in [3.63, 3.8) is 0 Å². The van der Waals surface area contributed by atoms with Crippen molar-refractivity contribution in [2.75, 3.05) is 25.6 Å².